The van der Waals surface area contributed by atoms with E-state index >= 15 is 0 Å². The van der Waals surface area contributed by atoms with Gasteiger partial charge in [0, 0.05) is 18.4 Å². The second-order valence-electron chi connectivity index (χ2n) is 6.47. The number of carbonyl (C=O) groups is 2. The Morgan fingerprint density at radius 3 is 2.68 bits per heavy atom. The maximum atomic E-state index is 12.2. The number of nitrogens with one attached hydrogen (secondary N) is 1. The number of methoxy groups -OCH3 is 2. The molecule has 28 heavy (non-hydrogen) atoms. The van der Waals surface area contributed by atoms with Gasteiger partial charge in [-0.15, -0.1) is 0 Å². The summed E-state index contributed by atoms with van der Waals surface area (Å²) in [5.74, 6) is 0.601. The van der Waals surface area contributed by atoms with Crippen molar-refractivity contribution in [2.75, 3.05) is 19.5 Å². The fourth-order valence-corrected chi connectivity index (χ4v) is 3.46. The summed E-state index contributed by atoms with van der Waals surface area (Å²) >= 11 is 0. The van der Waals surface area contributed by atoms with E-state index in [2.05, 4.69) is 10.3 Å². The lowest BCUT2D eigenvalue weighted by Crippen LogP contribution is -2.25. The Morgan fingerprint density at radius 2 is 1.96 bits per heavy atom. The first-order valence-electron chi connectivity index (χ1n) is 8.80. The van der Waals surface area contributed by atoms with E-state index in [4.69, 9.17) is 9.47 Å². The number of carbonyl (C=O) groups excluding carboxylic acids is 2. The van der Waals surface area contributed by atoms with Gasteiger partial charge >= 0.3 is 5.97 Å². The van der Waals surface area contributed by atoms with Crippen molar-refractivity contribution in [3.63, 3.8) is 0 Å². The number of fused-ring (bicyclic) bond motifs is 1. The van der Waals surface area contributed by atoms with Gasteiger partial charge < -0.3 is 19.4 Å². The molecule has 1 atom stereocenters. The predicted molar refractivity (Wildman–Crippen MR) is 103 cm³/mol. The Labute approximate surface area is 161 Å². The van der Waals surface area contributed by atoms with Gasteiger partial charge in [-0.2, -0.15) is 0 Å². The molecule has 0 aliphatic carbocycles. The third-order valence-corrected chi connectivity index (χ3v) is 4.85. The molecule has 142 valence electrons. The normalized spacial score (nSPS) is 15.5. The number of nitrogens with zero attached hydrogens (tertiary/aromatic N) is 2. The maximum Gasteiger partial charge on any atom is 0.337 e. The SMILES string of the molecule is COC(=O)c1ccc([C@@H]2CC(=O)Nc3ncn(-c4cccc(OC)c4)c32)cc1. The zero-order chi connectivity index (χ0) is 19.7. The third kappa shape index (κ3) is 3.11. The number of aromatic nitrogens is 2. The summed E-state index contributed by atoms with van der Waals surface area (Å²) in [6.07, 6.45) is 1.99. The van der Waals surface area contributed by atoms with Crippen molar-refractivity contribution in [2.24, 2.45) is 0 Å². The Balaban J connectivity index is 1.78. The van der Waals surface area contributed by atoms with Crippen LogP contribution in [0.3, 0.4) is 0 Å². The molecule has 0 radical (unpaired) electrons. The summed E-state index contributed by atoms with van der Waals surface area (Å²) in [4.78, 5) is 28.3. The van der Waals surface area contributed by atoms with Gasteiger partial charge in [-0.25, -0.2) is 9.78 Å². The van der Waals surface area contributed by atoms with Crippen LogP contribution in [-0.2, 0) is 9.53 Å². The third-order valence-electron chi connectivity index (χ3n) is 4.85. The van der Waals surface area contributed by atoms with Crippen molar-refractivity contribution < 1.29 is 19.1 Å². The highest BCUT2D eigenvalue weighted by atomic mass is 16.5. The summed E-state index contributed by atoms with van der Waals surface area (Å²) in [5, 5.41) is 2.84. The van der Waals surface area contributed by atoms with Crippen LogP contribution in [0.5, 0.6) is 5.75 Å². The Kier molecular flexibility index (Phi) is 4.57. The monoisotopic (exact) mass is 377 g/mol. The number of amides is 1. The number of imidazole rings is 1. The van der Waals surface area contributed by atoms with Gasteiger partial charge in [-0.3, -0.25) is 4.79 Å². The highest BCUT2D eigenvalue weighted by Crippen LogP contribution is 2.38. The summed E-state index contributed by atoms with van der Waals surface area (Å²) < 4.78 is 12.0. The zero-order valence-electron chi connectivity index (χ0n) is 15.5. The molecule has 1 aliphatic heterocycles. The van der Waals surface area contributed by atoms with Crippen molar-refractivity contribution in [3.8, 4) is 11.4 Å². The molecule has 3 aromatic rings. The van der Waals surface area contributed by atoms with E-state index in [-0.39, 0.29) is 11.8 Å². The van der Waals surface area contributed by atoms with Crippen LogP contribution in [0.2, 0.25) is 0 Å². The zero-order valence-corrected chi connectivity index (χ0v) is 15.5. The second kappa shape index (κ2) is 7.19. The quantitative estimate of drug-likeness (QED) is 0.707. The molecule has 0 unspecified atom stereocenters. The van der Waals surface area contributed by atoms with Crippen LogP contribution >= 0.6 is 0 Å². The first-order valence-corrected chi connectivity index (χ1v) is 8.80. The lowest BCUT2D eigenvalue weighted by Gasteiger charge is -2.25. The molecule has 1 N–H and O–H groups in total. The van der Waals surface area contributed by atoms with Crippen LogP contribution in [0.1, 0.15) is 34.0 Å². The van der Waals surface area contributed by atoms with E-state index in [0.717, 1.165) is 22.7 Å². The van der Waals surface area contributed by atoms with Gasteiger partial charge in [-0.05, 0) is 29.8 Å². The van der Waals surface area contributed by atoms with Gasteiger partial charge in [-0.1, -0.05) is 18.2 Å². The van der Waals surface area contributed by atoms with E-state index in [1.807, 2.05) is 41.0 Å². The van der Waals surface area contributed by atoms with Crippen molar-refractivity contribution >= 4 is 17.7 Å². The number of ether oxygens (including phenoxy) is 2. The number of benzene rings is 2. The van der Waals surface area contributed by atoms with Crippen molar-refractivity contribution in [1.29, 1.82) is 0 Å². The van der Waals surface area contributed by atoms with Crippen molar-refractivity contribution in [2.45, 2.75) is 12.3 Å². The van der Waals surface area contributed by atoms with Crippen LogP contribution < -0.4 is 10.1 Å². The van der Waals surface area contributed by atoms with Gasteiger partial charge in [0.1, 0.15) is 12.1 Å². The highest BCUT2D eigenvalue weighted by molar-refractivity contribution is 5.94. The van der Waals surface area contributed by atoms with E-state index in [1.165, 1.54) is 7.11 Å². The van der Waals surface area contributed by atoms with E-state index in [0.29, 0.717) is 17.8 Å². The predicted octanol–water partition coefficient (Wildman–Crippen LogP) is 3.14. The molecule has 2 aromatic carbocycles. The van der Waals surface area contributed by atoms with Gasteiger partial charge in [0.05, 0.1) is 31.2 Å². The molecule has 0 bridgehead atoms. The smallest absolute Gasteiger partial charge is 0.337 e. The number of rotatable bonds is 4. The van der Waals surface area contributed by atoms with Crippen LogP contribution in [0, 0.1) is 0 Å². The average molecular weight is 377 g/mol. The number of hydrogen-bond acceptors (Lipinski definition) is 5. The lowest BCUT2D eigenvalue weighted by molar-refractivity contribution is -0.116. The van der Waals surface area contributed by atoms with Crippen LogP contribution in [0.15, 0.2) is 54.9 Å². The van der Waals surface area contributed by atoms with Crippen LogP contribution in [-0.4, -0.2) is 35.6 Å². The summed E-state index contributed by atoms with van der Waals surface area (Å²) in [7, 11) is 2.97. The summed E-state index contributed by atoms with van der Waals surface area (Å²) in [5.41, 5.74) is 3.17. The standard InChI is InChI=1S/C21H19N3O4/c1-27-16-5-3-4-15(10-16)24-12-22-20-19(24)17(11-18(25)23-20)13-6-8-14(9-7-13)21(26)28-2/h3-10,12,17H,11H2,1-2H3,(H,23,25)/t17-/m0/s1. The van der Waals surface area contributed by atoms with Gasteiger partial charge in [0.15, 0.2) is 5.82 Å². The summed E-state index contributed by atoms with van der Waals surface area (Å²) in [6, 6.07) is 14.8. The molecule has 1 aliphatic rings. The molecule has 0 fully saturated rings. The second-order valence-corrected chi connectivity index (χ2v) is 6.47. The van der Waals surface area contributed by atoms with Gasteiger partial charge in [0.2, 0.25) is 5.91 Å². The van der Waals surface area contributed by atoms with Crippen molar-refractivity contribution in [3.05, 3.63) is 71.7 Å². The fraction of sp³-hybridized carbons (Fsp3) is 0.190. The molecule has 1 amide bonds. The van der Waals surface area contributed by atoms with Crippen LogP contribution in [0.4, 0.5) is 5.82 Å². The maximum absolute atomic E-state index is 12.2. The molecule has 7 nitrogen and oxygen atoms in total. The molecule has 7 heteroatoms. The topological polar surface area (TPSA) is 82.5 Å². The average Bonchev–Trinajstić information content (AvgIpc) is 3.16. The Bertz CT molecular complexity index is 1040. The Morgan fingerprint density at radius 1 is 1.18 bits per heavy atom. The van der Waals surface area contributed by atoms with Crippen LogP contribution in [0.25, 0.3) is 5.69 Å². The molecule has 2 heterocycles. The largest absolute Gasteiger partial charge is 0.497 e. The first-order chi connectivity index (χ1) is 13.6. The molecular formula is C21H19N3O4. The molecule has 1 aromatic heterocycles. The Hall–Kier alpha value is -3.61. The van der Waals surface area contributed by atoms with E-state index in [1.54, 1.807) is 25.6 Å². The summed E-state index contributed by atoms with van der Waals surface area (Å²) in [6.45, 7) is 0. The minimum Gasteiger partial charge on any atom is -0.497 e. The molecular weight excluding hydrogens is 358 g/mol. The lowest BCUT2D eigenvalue weighted by atomic mass is 9.89. The fourth-order valence-electron chi connectivity index (χ4n) is 3.46. The minimum atomic E-state index is -0.393. The van der Waals surface area contributed by atoms with Gasteiger partial charge in [0.25, 0.3) is 0 Å². The number of hydrogen-bond donors (Lipinski definition) is 1. The molecule has 0 saturated carbocycles. The highest BCUT2D eigenvalue weighted by Gasteiger charge is 2.31. The molecule has 0 saturated heterocycles. The van der Waals surface area contributed by atoms with E-state index < -0.39 is 5.97 Å². The first kappa shape index (κ1) is 17.8. The van der Waals surface area contributed by atoms with Crippen molar-refractivity contribution in [1.82, 2.24) is 9.55 Å². The number of esters is 1. The minimum absolute atomic E-state index is 0.0922. The number of anilines is 1. The molecule has 4 rings (SSSR count). The molecule has 0 spiro atoms. The van der Waals surface area contributed by atoms with E-state index in [9.17, 15) is 9.59 Å².